The quantitative estimate of drug-likeness (QED) is 0.612. The smallest absolute Gasteiger partial charge is 0.288 e. The molecule has 0 N–H and O–H groups in total. The molecule has 0 radical (unpaired) electrons. The van der Waals surface area contributed by atoms with Crippen molar-refractivity contribution in [3.05, 3.63) is 68.7 Å². The lowest BCUT2D eigenvalue weighted by Gasteiger charge is -2.17. The minimum atomic E-state index is -0.580. The number of ether oxygens (including phenoxy) is 1. The molecule has 1 amide bonds. The molecule has 25 heavy (non-hydrogen) atoms. The normalized spacial score (nSPS) is 16.7. The molecule has 2 aromatic carbocycles. The summed E-state index contributed by atoms with van der Waals surface area (Å²) < 4.78 is 5.16. The van der Waals surface area contributed by atoms with Crippen molar-refractivity contribution in [1.82, 2.24) is 4.90 Å². The van der Waals surface area contributed by atoms with E-state index in [1.54, 1.807) is 12.0 Å². The summed E-state index contributed by atoms with van der Waals surface area (Å²) in [7, 11) is 1.62. The Morgan fingerprint density at radius 3 is 2.64 bits per heavy atom. The van der Waals surface area contributed by atoms with Crippen molar-refractivity contribution in [2.75, 3.05) is 20.2 Å². The monoisotopic (exact) mass is 360 g/mol. The van der Waals surface area contributed by atoms with E-state index in [0.29, 0.717) is 13.1 Å². The number of carbonyl (C=O) groups excluding carboxylic acids is 1. The van der Waals surface area contributed by atoms with E-state index >= 15 is 0 Å². The molecule has 3 rings (SSSR count). The van der Waals surface area contributed by atoms with Crippen LogP contribution in [0.1, 0.15) is 28.3 Å². The summed E-state index contributed by atoms with van der Waals surface area (Å²) in [5, 5.41) is 11.0. The lowest BCUT2D eigenvalue weighted by molar-refractivity contribution is -0.384. The molecule has 1 aliphatic rings. The van der Waals surface area contributed by atoms with Crippen LogP contribution in [0.5, 0.6) is 5.75 Å². The average Bonchev–Trinajstić information content (AvgIpc) is 3.11. The first-order valence-electron chi connectivity index (χ1n) is 7.86. The fourth-order valence-corrected chi connectivity index (χ4v) is 3.25. The average molecular weight is 361 g/mol. The van der Waals surface area contributed by atoms with Gasteiger partial charge in [0.15, 0.2) is 0 Å². The van der Waals surface area contributed by atoms with Crippen molar-refractivity contribution in [3.63, 3.8) is 0 Å². The van der Waals surface area contributed by atoms with Crippen LogP contribution in [0, 0.1) is 10.1 Å². The molecule has 0 saturated carbocycles. The molecule has 1 heterocycles. The van der Waals surface area contributed by atoms with Gasteiger partial charge in [-0.05, 0) is 36.2 Å². The summed E-state index contributed by atoms with van der Waals surface area (Å²) in [6.07, 6.45) is 0.855. The van der Waals surface area contributed by atoms with Crippen LogP contribution in [0.4, 0.5) is 5.69 Å². The van der Waals surface area contributed by atoms with Crippen LogP contribution in [0.15, 0.2) is 42.5 Å². The number of rotatable bonds is 4. The SMILES string of the molecule is COc1ccc(C2CCN(C(=O)c3ccc(Cl)c([N+](=O)[O-])c3)C2)cc1. The molecule has 0 bridgehead atoms. The van der Waals surface area contributed by atoms with Gasteiger partial charge in [-0.1, -0.05) is 23.7 Å². The Morgan fingerprint density at radius 2 is 2.00 bits per heavy atom. The van der Waals surface area contributed by atoms with Gasteiger partial charge >= 0.3 is 0 Å². The van der Waals surface area contributed by atoms with Crippen LogP contribution >= 0.6 is 11.6 Å². The zero-order chi connectivity index (χ0) is 18.0. The van der Waals surface area contributed by atoms with Crippen molar-refractivity contribution >= 4 is 23.2 Å². The van der Waals surface area contributed by atoms with Gasteiger partial charge in [0, 0.05) is 30.6 Å². The molecule has 6 nitrogen and oxygen atoms in total. The fourth-order valence-electron chi connectivity index (χ4n) is 3.06. The van der Waals surface area contributed by atoms with E-state index in [1.807, 2.05) is 24.3 Å². The number of amides is 1. The van der Waals surface area contributed by atoms with Crippen LogP contribution in [0.25, 0.3) is 0 Å². The second-order valence-corrected chi connectivity index (χ2v) is 6.34. The van der Waals surface area contributed by atoms with Crippen LogP contribution in [-0.4, -0.2) is 35.9 Å². The largest absolute Gasteiger partial charge is 0.497 e. The van der Waals surface area contributed by atoms with Crippen molar-refractivity contribution in [3.8, 4) is 5.75 Å². The van der Waals surface area contributed by atoms with Gasteiger partial charge in [-0.25, -0.2) is 0 Å². The van der Waals surface area contributed by atoms with Crippen LogP contribution in [-0.2, 0) is 0 Å². The number of halogens is 1. The molecule has 1 aliphatic heterocycles. The van der Waals surface area contributed by atoms with Crippen molar-refractivity contribution in [2.24, 2.45) is 0 Å². The lowest BCUT2D eigenvalue weighted by Crippen LogP contribution is -2.28. The second kappa shape index (κ2) is 7.11. The van der Waals surface area contributed by atoms with E-state index in [1.165, 1.54) is 18.2 Å². The van der Waals surface area contributed by atoms with Gasteiger partial charge in [-0.3, -0.25) is 14.9 Å². The predicted octanol–water partition coefficient (Wildman–Crippen LogP) is 3.89. The number of nitro groups is 1. The van der Waals surface area contributed by atoms with Gasteiger partial charge in [0.1, 0.15) is 10.8 Å². The maximum atomic E-state index is 12.7. The number of methoxy groups -OCH3 is 1. The molecule has 1 saturated heterocycles. The van der Waals surface area contributed by atoms with Gasteiger partial charge in [0.25, 0.3) is 11.6 Å². The Kier molecular flexibility index (Phi) is 4.90. The van der Waals surface area contributed by atoms with Gasteiger partial charge in [-0.2, -0.15) is 0 Å². The Labute approximate surface area is 150 Å². The van der Waals surface area contributed by atoms with E-state index < -0.39 is 4.92 Å². The minimum absolute atomic E-state index is 0.0269. The number of carbonyl (C=O) groups is 1. The molecule has 0 aromatic heterocycles. The van der Waals surface area contributed by atoms with E-state index in [0.717, 1.165) is 17.7 Å². The summed E-state index contributed by atoms with van der Waals surface area (Å²) in [5.41, 5.74) is 1.18. The van der Waals surface area contributed by atoms with E-state index in [4.69, 9.17) is 16.3 Å². The summed E-state index contributed by atoms with van der Waals surface area (Å²) in [6, 6.07) is 12.0. The summed E-state index contributed by atoms with van der Waals surface area (Å²) >= 11 is 5.81. The van der Waals surface area contributed by atoms with Crippen molar-refractivity contribution in [1.29, 1.82) is 0 Å². The molecule has 1 atom stereocenters. The maximum absolute atomic E-state index is 12.7. The van der Waals surface area contributed by atoms with Gasteiger partial charge < -0.3 is 9.64 Å². The number of benzene rings is 2. The highest BCUT2D eigenvalue weighted by Gasteiger charge is 2.29. The third kappa shape index (κ3) is 3.58. The van der Waals surface area contributed by atoms with Gasteiger partial charge in [0.2, 0.25) is 0 Å². The number of hydrogen-bond donors (Lipinski definition) is 0. The van der Waals surface area contributed by atoms with Gasteiger partial charge in [-0.15, -0.1) is 0 Å². The summed E-state index contributed by atoms with van der Waals surface area (Å²) in [5.74, 6) is 0.830. The fraction of sp³-hybridized carbons (Fsp3) is 0.278. The zero-order valence-corrected chi connectivity index (χ0v) is 14.4. The highest BCUT2D eigenvalue weighted by atomic mass is 35.5. The van der Waals surface area contributed by atoms with Crippen LogP contribution < -0.4 is 4.74 Å². The third-order valence-electron chi connectivity index (χ3n) is 4.45. The minimum Gasteiger partial charge on any atom is -0.497 e. The highest BCUT2D eigenvalue weighted by molar-refractivity contribution is 6.32. The zero-order valence-electron chi connectivity index (χ0n) is 13.6. The second-order valence-electron chi connectivity index (χ2n) is 5.93. The third-order valence-corrected chi connectivity index (χ3v) is 4.77. The van der Waals surface area contributed by atoms with Crippen LogP contribution in [0.3, 0.4) is 0 Å². The van der Waals surface area contributed by atoms with E-state index in [-0.39, 0.29) is 28.1 Å². The highest BCUT2D eigenvalue weighted by Crippen LogP contribution is 2.31. The van der Waals surface area contributed by atoms with Gasteiger partial charge in [0.05, 0.1) is 12.0 Å². The summed E-state index contributed by atoms with van der Waals surface area (Å²) in [6.45, 7) is 1.20. The molecule has 0 spiro atoms. The topological polar surface area (TPSA) is 72.7 Å². The predicted molar refractivity (Wildman–Crippen MR) is 94.4 cm³/mol. The molecular weight excluding hydrogens is 344 g/mol. The first-order valence-corrected chi connectivity index (χ1v) is 8.24. The number of nitrogens with zero attached hydrogens (tertiary/aromatic N) is 2. The summed E-state index contributed by atoms with van der Waals surface area (Å²) in [4.78, 5) is 24.8. The molecule has 7 heteroatoms. The number of nitro benzene ring substituents is 1. The molecular formula is C18H17ClN2O4. The Balaban J connectivity index is 1.74. The molecule has 2 aromatic rings. The first kappa shape index (κ1) is 17.2. The molecule has 1 fully saturated rings. The Hall–Kier alpha value is -2.60. The number of hydrogen-bond acceptors (Lipinski definition) is 4. The standard InChI is InChI=1S/C18H17ClN2O4/c1-25-15-5-2-12(3-6-15)14-8-9-20(11-14)18(22)13-4-7-16(19)17(10-13)21(23)24/h2-7,10,14H,8-9,11H2,1H3. The first-order chi connectivity index (χ1) is 12.0. The van der Waals surface area contributed by atoms with E-state index in [9.17, 15) is 14.9 Å². The van der Waals surface area contributed by atoms with Crippen LogP contribution in [0.2, 0.25) is 5.02 Å². The molecule has 1 unspecified atom stereocenters. The lowest BCUT2D eigenvalue weighted by atomic mass is 9.98. The maximum Gasteiger partial charge on any atom is 0.288 e. The van der Waals surface area contributed by atoms with Crippen molar-refractivity contribution in [2.45, 2.75) is 12.3 Å². The number of likely N-dealkylation sites (tertiary alicyclic amines) is 1. The Morgan fingerprint density at radius 1 is 1.28 bits per heavy atom. The Bertz CT molecular complexity index is 807. The van der Waals surface area contributed by atoms with Crippen molar-refractivity contribution < 1.29 is 14.5 Å². The molecule has 130 valence electrons. The molecule has 0 aliphatic carbocycles. The van der Waals surface area contributed by atoms with E-state index in [2.05, 4.69) is 0 Å².